The highest BCUT2D eigenvalue weighted by molar-refractivity contribution is 6.05. The Balaban J connectivity index is 1.53. The quantitative estimate of drug-likeness (QED) is 0.429. The second kappa shape index (κ2) is 9.78. The van der Waals surface area contributed by atoms with Crippen molar-refractivity contribution in [2.24, 2.45) is 0 Å². The number of fused-ring (bicyclic) bond motifs is 1. The number of aromatic nitrogens is 2. The number of nitrogens with zero attached hydrogens (tertiary/aromatic N) is 2. The SMILES string of the molecule is COc1ccc(NC(=O)COC(=O)c2cc(-c3ccccn3)nc3ccccc23)c(OC)c1. The molecule has 0 atom stereocenters. The molecule has 33 heavy (non-hydrogen) atoms. The topological polar surface area (TPSA) is 99.6 Å². The van der Waals surface area contributed by atoms with E-state index in [9.17, 15) is 9.59 Å². The Kier molecular flexibility index (Phi) is 6.45. The summed E-state index contributed by atoms with van der Waals surface area (Å²) in [5.41, 5.74) is 2.53. The molecule has 8 heteroatoms. The summed E-state index contributed by atoms with van der Waals surface area (Å²) in [4.78, 5) is 34.2. The van der Waals surface area contributed by atoms with Crippen molar-refractivity contribution < 1.29 is 23.8 Å². The summed E-state index contributed by atoms with van der Waals surface area (Å²) in [5.74, 6) is -0.128. The zero-order chi connectivity index (χ0) is 23.2. The fourth-order valence-electron chi connectivity index (χ4n) is 3.29. The van der Waals surface area contributed by atoms with Gasteiger partial charge in [-0.25, -0.2) is 9.78 Å². The monoisotopic (exact) mass is 443 g/mol. The number of benzene rings is 2. The van der Waals surface area contributed by atoms with Gasteiger partial charge in [0, 0.05) is 17.6 Å². The largest absolute Gasteiger partial charge is 0.497 e. The van der Waals surface area contributed by atoms with Crippen molar-refractivity contribution in [2.75, 3.05) is 26.1 Å². The summed E-state index contributed by atoms with van der Waals surface area (Å²) in [6.45, 7) is -0.469. The Morgan fingerprint density at radius 3 is 2.48 bits per heavy atom. The van der Waals surface area contributed by atoms with Gasteiger partial charge in [-0.3, -0.25) is 9.78 Å². The van der Waals surface area contributed by atoms with Crippen molar-refractivity contribution in [3.8, 4) is 22.9 Å². The number of hydrogen-bond donors (Lipinski definition) is 1. The molecule has 2 aromatic heterocycles. The van der Waals surface area contributed by atoms with E-state index in [1.165, 1.54) is 14.2 Å². The molecule has 0 radical (unpaired) electrons. The Bertz CT molecular complexity index is 1310. The van der Waals surface area contributed by atoms with E-state index in [-0.39, 0.29) is 0 Å². The van der Waals surface area contributed by atoms with Gasteiger partial charge in [0.05, 0.1) is 42.4 Å². The summed E-state index contributed by atoms with van der Waals surface area (Å²) < 4.78 is 15.7. The predicted molar refractivity (Wildman–Crippen MR) is 123 cm³/mol. The fourth-order valence-corrected chi connectivity index (χ4v) is 3.29. The molecule has 8 nitrogen and oxygen atoms in total. The van der Waals surface area contributed by atoms with Gasteiger partial charge in [0.1, 0.15) is 11.5 Å². The molecule has 0 saturated heterocycles. The number of pyridine rings is 2. The van der Waals surface area contributed by atoms with E-state index in [1.807, 2.05) is 24.3 Å². The summed E-state index contributed by atoms with van der Waals surface area (Å²) in [7, 11) is 3.02. The Labute approximate surface area is 190 Å². The highest BCUT2D eigenvalue weighted by Gasteiger charge is 2.17. The van der Waals surface area contributed by atoms with Gasteiger partial charge >= 0.3 is 5.97 Å². The van der Waals surface area contributed by atoms with Crippen LogP contribution in [-0.4, -0.2) is 42.7 Å². The minimum absolute atomic E-state index is 0.302. The maximum Gasteiger partial charge on any atom is 0.339 e. The van der Waals surface area contributed by atoms with Crippen molar-refractivity contribution in [1.82, 2.24) is 9.97 Å². The van der Waals surface area contributed by atoms with E-state index in [2.05, 4.69) is 15.3 Å². The second-order valence-corrected chi connectivity index (χ2v) is 6.98. The van der Waals surface area contributed by atoms with Gasteiger partial charge in [0.2, 0.25) is 0 Å². The van der Waals surface area contributed by atoms with Crippen LogP contribution in [0.15, 0.2) is 72.9 Å². The molecule has 166 valence electrons. The van der Waals surface area contributed by atoms with Crippen LogP contribution in [-0.2, 0) is 9.53 Å². The van der Waals surface area contributed by atoms with Crippen molar-refractivity contribution in [3.05, 3.63) is 78.5 Å². The number of rotatable bonds is 7. The highest BCUT2D eigenvalue weighted by Crippen LogP contribution is 2.29. The Morgan fingerprint density at radius 2 is 1.73 bits per heavy atom. The molecule has 0 bridgehead atoms. The van der Waals surface area contributed by atoms with Crippen molar-refractivity contribution >= 4 is 28.5 Å². The second-order valence-electron chi connectivity index (χ2n) is 6.98. The molecule has 0 aliphatic rings. The maximum absolute atomic E-state index is 12.9. The van der Waals surface area contributed by atoms with Crippen LogP contribution in [0.5, 0.6) is 11.5 Å². The molecule has 1 N–H and O–H groups in total. The van der Waals surface area contributed by atoms with Gasteiger partial charge in [0.25, 0.3) is 5.91 Å². The molecule has 0 fully saturated rings. The predicted octanol–water partition coefficient (Wildman–Crippen LogP) is 4.11. The molecule has 0 spiro atoms. The molecule has 2 aromatic carbocycles. The third-order valence-corrected chi connectivity index (χ3v) is 4.88. The van der Waals surface area contributed by atoms with E-state index in [1.54, 1.807) is 48.7 Å². The first-order chi connectivity index (χ1) is 16.1. The average molecular weight is 443 g/mol. The lowest BCUT2D eigenvalue weighted by Crippen LogP contribution is -2.21. The zero-order valence-electron chi connectivity index (χ0n) is 18.1. The van der Waals surface area contributed by atoms with E-state index in [4.69, 9.17) is 14.2 Å². The third kappa shape index (κ3) is 4.90. The maximum atomic E-state index is 12.9. The first-order valence-electron chi connectivity index (χ1n) is 10.1. The number of para-hydroxylation sites is 1. The fraction of sp³-hybridized carbons (Fsp3) is 0.120. The number of ether oxygens (including phenoxy) is 3. The number of nitrogens with one attached hydrogen (secondary N) is 1. The number of anilines is 1. The number of amides is 1. The number of methoxy groups -OCH3 is 2. The average Bonchev–Trinajstić information content (AvgIpc) is 2.87. The number of esters is 1. The van der Waals surface area contributed by atoms with E-state index in [0.717, 1.165) is 0 Å². The Hall–Kier alpha value is -4.46. The van der Waals surface area contributed by atoms with E-state index in [0.29, 0.717) is 45.0 Å². The normalized spacial score (nSPS) is 10.5. The lowest BCUT2D eigenvalue weighted by molar-refractivity contribution is -0.119. The molecular formula is C25H21N3O5. The van der Waals surface area contributed by atoms with Crippen molar-refractivity contribution in [2.45, 2.75) is 0 Å². The van der Waals surface area contributed by atoms with Crippen LogP contribution in [0.1, 0.15) is 10.4 Å². The van der Waals surface area contributed by atoms with Gasteiger partial charge in [-0.15, -0.1) is 0 Å². The van der Waals surface area contributed by atoms with Crippen LogP contribution in [0.3, 0.4) is 0 Å². The van der Waals surface area contributed by atoms with Gasteiger partial charge < -0.3 is 19.5 Å². The first kappa shape index (κ1) is 21.8. The minimum atomic E-state index is -0.636. The van der Waals surface area contributed by atoms with Crippen LogP contribution in [0.4, 0.5) is 5.69 Å². The standard InChI is InChI=1S/C25H21N3O5/c1-31-16-10-11-21(23(13-16)32-2)28-24(29)15-33-25(30)18-14-22(20-9-5-6-12-26-20)27-19-8-4-3-7-17(18)19/h3-14H,15H2,1-2H3,(H,28,29). The zero-order valence-corrected chi connectivity index (χ0v) is 18.1. The molecule has 4 rings (SSSR count). The molecule has 4 aromatic rings. The molecule has 0 saturated carbocycles. The highest BCUT2D eigenvalue weighted by atomic mass is 16.5. The Morgan fingerprint density at radius 1 is 0.909 bits per heavy atom. The van der Waals surface area contributed by atoms with Gasteiger partial charge in [-0.2, -0.15) is 0 Å². The van der Waals surface area contributed by atoms with E-state index < -0.39 is 18.5 Å². The minimum Gasteiger partial charge on any atom is -0.497 e. The summed E-state index contributed by atoms with van der Waals surface area (Å²) in [5, 5.41) is 3.30. The number of hydrogen-bond acceptors (Lipinski definition) is 7. The van der Waals surface area contributed by atoms with Gasteiger partial charge in [-0.1, -0.05) is 24.3 Å². The molecule has 0 aliphatic heterocycles. The van der Waals surface area contributed by atoms with Crippen molar-refractivity contribution in [3.63, 3.8) is 0 Å². The van der Waals surface area contributed by atoms with Gasteiger partial charge in [-0.05, 0) is 36.4 Å². The number of carbonyl (C=O) groups excluding carboxylic acids is 2. The third-order valence-electron chi connectivity index (χ3n) is 4.88. The summed E-state index contributed by atoms with van der Waals surface area (Å²) in [6.07, 6.45) is 1.65. The molecule has 0 aliphatic carbocycles. The van der Waals surface area contributed by atoms with Crippen LogP contribution in [0, 0.1) is 0 Å². The van der Waals surface area contributed by atoms with E-state index >= 15 is 0 Å². The van der Waals surface area contributed by atoms with Gasteiger partial charge in [0.15, 0.2) is 6.61 Å². The molecule has 2 heterocycles. The lowest BCUT2D eigenvalue weighted by atomic mass is 10.1. The lowest BCUT2D eigenvalue weighted by Gasteiger charge is -2.12. The van der Waals surface area contributed by atoms with Crippen LogP contribution in [0.2, 0.25) is 0 Å². The summed E-state index contributed by atoms with van der Waals surface area (Å²) in [6, 6.07) is 19.3. The summed E-state index contributed by atoms with van der Waals surface area (Å²) >= 11 is 0. The molecule has 0 unspecified atom stereocenters. The van der Waals surface area contributed by atoms with Crippen molar-refractivity contribution in [1.29, 1.82) is 0 Å². The molecular weight excluding hydrogens is 422 g/mol. The van der Waals surface area contributed by atoms with Crippen LogP contribution in [0.25, 0.3) is 22.3 Å². The van der Waals surface area contributed by atoms with Crippen LogP contribution >= 0.6 is 0 Å². The first-order valence-corrected chi connectivity index (χ1v) is 10.1. The number of carbonyl (C=O) groups is 2. The molecule has 1 amide bonds. The smallest absolute Gasteiger partial charge is 0.339 e. The van der Waals surface area contributed by atoms with Crippen LogP contribution < -0.4 is 14.8 Å².